The second-order valence-corrected chi connectivity index (χ2v) is 13.0. The number of aryl methyl sites for hydroxylation is 1. The summed E-state index contributed by atoms with van der Waals surface area (Å²) in [6.45, 7) is 7.66. The fourth-order valence-corrected chi connectivity index (χ4v) is 6.26. The van der Waals surface area contributed by atoms with Crippen LogP contribution in [0.25, 0.3) is 33.1 Å². The fourth-order valence-electron chi connectivity index (χ4n) is 6.08. The first kappa shape index (κ1) is 25.9. The standard InChI is InChI=1S/C30H32ClN9O/c1-29(2,3)16-34-27-24-20(35-28(31)36-27)14-33-26(25(24)21-15-40(38-37-21)30-10-17(11-30)12-30)32-13-18-6-5-7-22-19(18)8-9-23(41)39(22)4/h5-9,14-15,17H,10-13,16H2,1-4H3,(H,32,33)(H,34,35,36). The number of nitrogens with zero attached hydrogens (tertiary/aromatic N) is 7. The smallest absolute Gasteiger partial charge is 0.250 e. The van der Waals surface area contributed by atoms with Crippen molar-refractivity contribution in [3.8, 4) is 11.3 Å². The van der Waals surface area contributed by atoms with Gasteiger partial charge in [0.15, 0.2) is 0 Å². The summed E-state index contributed by atoms with van der Waals surface area (Å²) in [6, 6.07) is 9.45. The monoisotopic (exact) mass is 569 g/mol. The third-order valence-electron chi connectivity index (χ3n) is 8.44. The van der Waals surface area contributed by atoms with Crippen LogP contribution >= 0.6 is 11.6 Å². The van der Waals surface area contributed by atoms with Gasteiger partial charge in [-0.3, -0.25) is 4.79 Å². The van der Waals surface area contributed by atoms with E-state index in [4.69, 9.17) is 16.6 Å². The van der Waals surface area contributed by atoms with Crippen LogP contribution in [-0.4, -0.2) is 41.1 Å². The molecule has 0 aliphatic heterocycles. The quantitative estimate of drug-likeness (QED) is 0.251. The minimum Gasteiger partial charge on any atom is -0.369 e. The first-order valence-electron chi connectivity index (χ1n) is 14.0. The molecule has 0 atom stereocenters. The van der Waals surface area contributed by atoms with Crippen LogP contribution in [-0.2, 0) is 19.1 Å². The van der Waals surface area contributed by atoms with Gasteiger partial charge in [-0.15, -0.1) is 5.10 Å². The van der Waals surface area contributed by atoms with E-state index in [1.54, 1.807) is 23.9 Å². The zero-order valence-corrected chi connectivity index (χ0v) is 24.3. The molecule has 3 fully saturated rings. The van der Waals surface area contributed by atoms with E-state index in [0.717, 1.165) is 52.6 Å². The number of pyridine rings is 2. The van der Waals surface area contributed by atoms with Gasteiger partial charge in [-0.2, -0.15) is 0 Å². The van der Waals surface area contributed by atoms with Gasteiger partial charge in [0.25, 0.3) is 5.56 Å². The largest absolute Gasteiger partial charge is 0.369 e. The van der Waals surface area contributed by atoms with E-state index < -0.39 is 0 Å². The number of aromatic nitrogens is 7. The van der Waals surface area contributed by atoms with Gasteiger partial charge < -0.3 is 15.2 Å². The topological polar surface area (TPSA) is 115 Å². The van der Waals surface area contributed by atoms with E-state index >= 15 is 0 Å². The van der Waals surface area contributed by atoms with Crippen LogP contribution in [0.5, 0.6) is 0 Å². The molecule has 8 rings (SSSR count). The summed E-state index contributed by atoms with van der Waals surface area (Å²) >= 11 is 6.37. The van der Waals surface area contributed by atoms with Crippen LogP contribution in [0.15, 0.2) is 47.5 Å². The predicted molar refractivity (Wildman–Crippen MR) is 161 cm³/mol. The van der Waals surface area contributed by atoms with Gasteiger partial charge >= 0.3 is 0 Å². The van der Waals surface area contributed by atoms with E-state index in [0.29, 0.717) is 35.9 Å². The van der Waals surface area contributed by atoms with Crippen molar-refractivity contribution < 1.29 is 0 Å². The Bertz CT molecular complexity index is 1870. The molecule has 0 unspecified atom stereocenters. The van der Waals surface area contributed by atoms with Crippen LogP contribution in [0, 0.1) is 11.3 Å². The molecule has 0 amide bonds. The van der Waals surface area contributed by atoms with Crippen molar-refractivity contribution in [2.24, 2.45) is 18.4 Å². The zero-order chi connectivity index (χ0) is 28.5. The van der Waals surface area contributed by atoms with Gasteiger partial charge in [0.05, 0.1) is 39.9 Å². The lowest BCUT2D eigenvalue weighted by Crippen LogP contribution is -2.59. The molecule has 3 saturated carbocycles. The summed E-state index contributed by atoms with van der Waals surface area (Å²) in [7, 11) is 1.79. The summed E-state index contributed by atoms with van der Waals surface area (Å²) in [4.78, 5) is 26.1. The molecule has 10 nitrogen and oxygen atoms in total. The second-order valence-electron chi connectivity index (χ2n) is 12.7. The highest BCUT2D eigenvalue weighted by Gasteiger charge is 2.58. The highest BCUT2D eigenvalue weighted by atomic mass is 35.5. The lowest BCUT2D eigenvalue weighted by molar-refractivity contribution is -0.0988. The molecular weight excluding hydrogens is 538 g/mol. The zero-order valence-electron chi connectivity index (χ0n) is 23.6. The molecule has 0 spiro atoms. The van der Waals surface area contributed by atoms with Crippen molar-refractivity contribution in [1.82, 2.24) is 34.5 Å². The van der Waals surface area contributed by atoms with Crippen molar-refractivity contribution in [2.75, 3.05) is 17.2 Å². The van der Waals surface area contributed by atoms with E-state index in [1.165, 1.54) is 0 Å². The normalized spacial score (nSPS) is 19.7. The van der Waals surface area contributed by atoms with Crippen LogP contribution in [0.1, 0.15) is 45.6 Å². The van der Waals surface area contributed by atoms with Gasteiger partial charge in [0, 0.05) is 31.6 Å². The third kappa shape index (κ3) is 4.41. The Hall–Kier alpha value is -4.05. The Morgan fingerprint density at radius 3 is 2.61 bits per heavy atom. The molecule has 0 radical (unpaired) electrons. The van der Waals surface area contributed by atoms with Crippen molar-refractivity contribution in [2.45, 2.75) is 52.1 Å². The number of fused-ring (bicyclic) bond motifs is 2. The van der Waals surface area contributed by atoms with Crippen molar-refractivity contribution >= 4 is 45.0 Å². The van der Waals surface area contributed by atoms with Crippen LogP contribution < -0.4 is 16.2 Å². The van der Waals surface area contributed by atoms with Crippen LogP contribution in [0.2, 0.25) is 5.28 Å². The number of hydrogen-bond acceptors (Lipinski definition) is 8. The fraction of sp³-hybridized carbons (Fsp3) is 0.400. The van der Waals surface area contributed by atoms with Gasteiger partial charge in [0.2, 0.25) is 5.28 Å². The Balaban J connectivity index is 1.35. The Labute approximate surface area is 242 Å². The maximum absolute atomic E-state index is 12.2. The average molecular weight is 570 g/mol. The van der Waals surface area contributed by atoms with Crippen LogP contribution in [0.4, 0.5) is 11.6 Å². The van der Waals surface area contributed by atoms with Crippen LogP contribution in [0.3, 0.4) is 0 Å². The Morgan fingerprint density at radius 2 is 1.88 bits per heavy atom. The molecule has 2 N–H and O–H groups in total. The highest BCUT2D eigenvalue weighted by Crippen LogP contribution is 2.62. The van der Waals surface area contributed by atoms with Gasteiger partial charge in [0.1, 0.15) is 17.3 Å². The number of nitrogens with one attached hydrogen (secondary N) is 2. The van der Waals surface area contributed by atoms with Gasteiger partial charge in [-0.25, -0.2) is 19.6 Å². The van der Waals surface area contributed by atoms with E-state index in [-0.39, 0.29) is 21.8 Å². The maximum atomic E-state index is 12.2. The number of benzene rings is 1. The Morgan fingerprint density at radius 1 is 1.07 bits per heavy atom. The molecule has 4 aromatic heterocycles. The molecule has 0 saturated heterocycles. The average Bonchev–Trinajstić information content (AvgIpc) is 3.34. The minimum atomic E-state index is -0.0400. The van der Waals surface area contributed by atoms with Gasteiger partial charge in [-0.1, -0.05) is 38.1 Å². The van der Waals surface area contributed by atoms with E-state index in [2.05, 4.69) is 57.8 Å². The van der Waals surface area contributed by atoms with Gasteiger partial charge in [-0.05, 0) is 59.9 Å². The maximum Gasteiger partial charge on any atom is 0.250 e. The summed E-state index contributed by atoms with van der Waals surface area (Å²) in [6.07, 6.45) is 7.24. The summed E-state index contributed by atoms with van der Waals surface area (Å²) in [5, 5.41) is 18.2. The van der Waals surface area contributed by atoms with Crippen molar-refractivity contribution in [3.63, 3.8) is 0 Å². The highest BCUT2D eigenvalue weighted by molar-refractivity contribution is 6.29. The van der Waals surface area contributed by atoms with Crippen molar-refractivity contribution in [3.05, 3.63) is 63.9 Å². The summed E-state index contributed by atoms with van der Waals surface area (Å²) in [5.74, 6) is 2.10. The number of hydrogen-bond donors (Lipinski definition) is 2. The van der Waals surface area contributed by atoms with Crippen molar-refractivity contribution in [1.29, 1.82) is 0 Å². The number of halogens is 1. The molecule has 41 heavy (non-hydrogen) atoms. The first-order valence-corrected chi connectivity index (χ1v) is 14.3. The Kier molecular flexibility index (Phi) is 5.83. The molecule has 3 aliphatic rings. The van der Waals surface area contributed by atoms with E-state index in [1.807, 2.05) is 29.1 Å². The predicted octanol–water partition coefficient (Wildman–Crippen LogP) is 5.37. The SMILES string of the molecule is Cn1c(=O)ccc2c(CNc3ncc4nc(Cl)nc(NCC(C)(C)C)c4c3-c3cn(C45CC(C4)C5)nn3)cccc21. The first-order chi connectivity index (χ1) is 19.6. The molecule has 11 heteroatoms. The van der Waals surface area contributed by atoms with E-state index in [9.17, 15) is 4.79 Å². The molecular formula is C30H32ClN9O. The number of anilines is 2. The molecule has 4 heterocycles. The second kappa shape index (κ2) is 9.24. The molecule has 2 bridgehead atoms. The molecule has 5 aromatic rings. The molecule has 1 aromatic carbocycles. The number of rotatable bonds is 7. The lowest BCUT2D eigenvalue weighted by Gasteiger charge is -2.61. The molecule has 210 valence electrons. The third-order valence-corrected chi connectivity index (χ3v) is 8.61. The summed E-state index contributed by atoms with van der Waals surface area (Å²) in [5.41, 5.74) is 4.11. The lowest BCUT2D eigenvalue weighted by atomic mass is 9.50. The summed E-state index contributed by atoms with van der Waals surface area (Å²) < 4.78 is 3.70. The minimum absolute atomic E-state index is 0.0137. The molecule has 3 aliphatic carbocycles.